The minimum absolute atomic E-state index is 0.176. The first-order valence-corrected chi connectivity index (χ1v) is 10.7. The molecule has 2 aliphatic rings. The van der Waals surface area contributed by atoms with Crippen molar-refractivity contribution in [2.45, 2.75) is 44.9 Å². The van der Waals surface area contributed by atoms with Crippen molar-refractivity contribution < 1.29 is 4.79 Å². The molecule has 2 aromatic carbocycles. The summed E-state index contributed by atoms with van der Waals surface area (Å²) in [5, 5.41) is 0. The number of nitrogens with zero attached hydrogens (tertiary/aromatic N) is 1. The molecular formula is C26H29NO. The van der Waals surface area contributed by atoms with Gasteiger partial charge in [-0.25, -0.2) is 0 Å². The number of hydrogen-bond donors (Lipinski definition) is 0. The van der Waals surface area contributed by atoms with Crippen LogP contribution in [0.15, 0.2) is 72.3 Å². The quantitative estimate of drug-likeness (QED) is 0.469. The Bertz CT molecular complexity index is 850. The van der Waals surface area contributed by atoms with E-state index in [1.807, 2.05) is 29.2 Å². The van der Waals surface area contributed by atoms with Crippen LogP contribution in [0.3, 0.4) is 0 Å². The Morgan fingerprint density at radius 3 is 1.89 bits per heavy atom. The number of hydrogen-bond acceptors (Lipinski definition) is 1. The van der Waals surface area contributed by atoms with Gasteiger partial charge in [-0.2, -0.15) is 0 Å². The van der Waals surface area contributed by atoms with E-state index in [2.05, 4.69) is 42.5 Å². The molecule has 2 nitrogen and oxygen atoms in total. The molecule has 2 aromatic rings. The topological polar surface area (TPSA) is 20.3 Å². The first kappa shape index (κ1) is 18.7. The Labute approximate surface area is 168 Å². The van der Waals surface area contributed by atoms with E-state index >= 15 is 0 Å². The summed E-state index contributed by atoms with van der Waals surface area (Å²) in [4.78, 5) is 15.7. The van der Waals surface area contributed by atoms with Crippen molar-refractivity contribution in [2.24, 2.45) is 0 Å². The highest BCUT2D eigenvalue weighted by molar-refractivity contribution is 6.28. The summed E-state index contributed by atoms with van der Waals surface area (Å²) in [6, 6.07) is 20.7. The van der Waals surface area contributed by atoms with Crippen molar-refractivity contribution in [3.05, 3.63) is 83.4 Å². The normalized spacial score (nSPS) is 18.0. The minimum Gasteiger partial charge on any atom is -0.339 e. The summed E-state index contributed by atoms with van der Waals surface area (Å²) in [5.41, 5.74) is 5.57. The van der Waals surface area contributed by atoms with Crippen LogP contribution in [0, 0.1) is 0 Å². The highest BCUT2D eigenvalue weighted by Gasteiger charge is 2.25. The Balaban J connectivity index is 1.89. The predicted molar refractivity (Wildman–Crippen MR) is 117 cm³/mol. The van der Waals surface area contributed by atoms with Crippen LogP contribution in [0.1, 0.15) is 56.1 Å². The SMILES string of the molecule is O=C(/C(=C(\C=C1CCCCC1)c1ccccc1)c1ccccc1)N1CCCC1. The molecule has 0 N–H and O–H groups in total. The summed E-state index contributed by atoms with van der Waals surface area (Å²) in [7, 11) is 0. The molecule has 4 rings (SSSR count). The van der Waals surface area contributed by atoms with Crippen molar-refractivity contribution in [2.75, 3.05) is 13.1 Å². The van der Waals surface area contributed by atoms with Crippen LogP contribution in [-0.4, -0.2) is 23.9 Å². The third-order valence-corrected chi connectivity index (χ3v) is 5.87. The van der Waals surface area contributed by atoms with Gasteiger partial charge in [-0.15, -0.1) is 0 Å². The van der Waals surface area contributed by atoms with Gasteiger partial charge in [-0.1, -0.05) is 78.7 Å². The van der Waals surface area contributed by atoms with Gasteiger partial charge in [0.15, 0.2) is 0 Å². The zero-order valence-electron chi connectivity index (χ0n) is 16.6. The van der Waals surface area contributed by atoms with Crippen molar-refractivity contribution in [3.8, 4) is 0 Å². The zero-order valence-corrected chi connectivity index (χ0v) is 16.6. The third-order valence-electron chi connectivity index (χ3n) is 5.87. The molecule has 1 saturated carbocycles. The molecule has 28 heavy (non-hydrogen) atoms. The van der Waals surface area contributed by atoms with Gasteiger partial charge >= 0.3 is 0 Å². The van der Waals surface area contributed by atoms with Crippen molar-refractivity contribution in [3.63, 3.8) is 0 Å². The molecule has 144 valence electrons. The second-order valence-electron chi connectivity index (χ2n) is 7.88. The van der Waals surface area contributed by atoms with E-state index in [9.17, 15) is 4.79 Å². The van der Waals surface area contributed by atoms with Crippen molar-refractivity contribution in [1.29, 1.82) is 0 Å². The molecule has 1 amide bonds. The van der Waals surface area contributed by atoms with Gasteiger partial charge in [-0.3, -0.25) is 4.79 Å². The van der Waals surface area contributed by atoms with Crippen LogP contribution >= 0.6 is 0 Å². The van der Waals surface area contributed by atoms with Crippen LogP contribution < -0.4 is 0 Å². The van der Waals surface area contributed by atoms with Gasteiger partial charge in [0.05, 0.1) is 5.57 Å². The van der Waals surface area contributed by atoms with Gasteiger partial charge in [0.2, 0.25) is 0 Å². The lowest BCUT2D eigenvalue weighted by Crippen LogP contribution is -2.29. The average molecular weight is 372 g/mol. The van der Waals surface area contributed by atoms with E-state index in [-0.39, 0.29) is 5.91 Å². The van der Waals surface area contributed by atoms with Gasteiger partial charge in [0.25, 0.3) is 5.91 Å². The summed E-state index contributed by atoms with van der Waals surface area (Å²) in [5.74, 6) is 0.176. The van der Waals surface area contributed by atoms with Gasteiger partial charge < -0.3 is 4.90 Å². The van der Waals surface area contributed by atoms with Crippen LogP contribution in [0.4, 0.5) is 0 Å². The van der Waals surface area contributed by atoms with E-state index in [1.54, 1.807) is 0 Å². The molecule has 0 unspecified atom stereocenters. The molecule has 1 heterocycles. The molecule has 1 aliphatic heterocycles. The molecule has 1 saturated heterocycles. The summed E-state index contributed by atoms with van der Waals surface area (Å²) in [6.45, 7) is 1.74. The number of carbonyl (C=O) groups excluding carboxylic acids is 1. The Morgan fingerprint density at radius 1 is 0.714 bits per heavy atom. The number of benzene rings is 2. The molecule has 0 aromatic heterocycles. The lowest BCUT2D eigenvalue weighted by molar-refractivity contribution is -0.123. The summed E-state index contributed by atoms with van der Waals surface area (Å²) >= 11 is 0. The van der Waals surface area contributed by atoms with Crippen molar-refractivity contribution >= 4 is 17.1 Å². The Kier molecular flexibility index (Phi) is 6.06. The molecule has 2 heteroatoms. The fourth-order valence-electron chi connectivity index (χ4n) is 4.35. The van der Waals surface area contributed by atoms with Crippen LogP contribution in [0.2, 0.25) is 0 Å². The average Bonchev–Trinajstić information content (AvgIpc) is 3.30. The fraction of sp³-hybridized carbons (Fsp3) is 0.346. The Hall–Kier alpha value is -2.61. The highest BCUT2D eigenvalue weighted by atomic mass is 16.2. The number of likely N-dealkylation sites (tertiary alicyclic amines) is 1. The predicted octanol–water partition coefficient (Wildman–Crippen LogP) is 6.11. The molecule has 0 atom stereocenters. The zero-order chi connectivity index (χ0) is 19.2. The van der Waals surface area contributed by atoms with E-state index in [1.165, 1.54) is 24.8 Å². The number of rotatable bonds is 4. The summed E-state index contributed by atoms with van der Waals surface area (Å²) < 4.78 is 0. The Morgan fingerprint density at radius 2 is 1.29 bits per heavy atom. The first-order chi connectivity index (χ1) is 13.8. The van der Waals surface area contributed by atoms with E-state index in [0.717, 1.165) is 61.0 Å². The number of carbonyl (C=O) groups is 1. The van der Waals surface area contributed by atoms with E-state index < -0.39 is 0 Å². The van der Waals surface area contributed by atoms with E-state index in [0.29, 0.717) is 0 Å². The lowest BCUT2D eigenvalue weighted by atomic mass is 9.88. The van der Waals surface area contributed by atoms with Crippen LogP contribution in [0.5, 0.6) is 0 Å². The maximum absolute atomic E-state index is 13.6. The smallest absolute Gasteiger partial charge is 0.255 e. The summed E-state index contributed by atoms with van der Waals surface area (Å²) in [6.07, 6.45) is 10.7. The van der Waals surface area contributed by atoms with Gasteiger partial charge in [0, 0.05) is 13.1 Å². The van der Waals surface area contributed by atoms with Gasteiger partial charge in [-0.05, 0) is 55.2 Å². The molecule has 0 radical (unpaired) electrons. The second kappa shape index (κ2) is 9.05. The molecule has 1 aliphatic carbocycles. The molecule has 0 spiro atoms. The van der Waals surface area contributed by atoms with Crippen molar-refractivity contribution in [1.82, 2.24) is 4.90 Å². The number of amides is 1. The first-order valence-electron chi connectivity index (χ1n) is 10.7. The largest absolute Gasteiger partial charge is 0.339 e. The lowest BCUT2D eigenvalue weighted by Gasteiger charge is -2.22. The maximum atomic E-state index is 13.6. The molecule has 0 bridgehead atoms. The van der Waals surface area contributed by atoms with Crippen LogP contribution in [0.25, 0.3) is 11.1 Å². The highest BCUT2D eigenvalue weighted by Crippen LogP contribution is 2.34. The fourth-order valence-corrected chi connectivity index (χ4v) is 4.35. The maximum Gasteiger partial charge on any atom is 0.255 e. The molecular weight excluding hydrogens is 342 g/mol. The minimum atomic E-state index is 0.176. The van der Waals surface area contributed by atoms with Gasteiger partial charge in [0.1, 0.15) is 0 Å². The third kappa shape index (κ3) is 4.27. The van der Waals surface area contributed by atoms with Crippen LogP contribution in [-0.2, 0) is 4.79 Å². The monoisotopic (exact) mass is 371 g/mol. The molecule has 2 fully saturated rings. The van der Waals surface area contributed by atoms with E-state index in [4.69, 9.17) is 0 Å². The standard InChI is InChI=1S/C26H29NO/c28-26(27-18-10-11-19-27)25(23-16-8-3-9-17-23)24(22-14-6-2-7-15-22)20-21-12-4-1-5-13-21/h2-3,6-9,14-17,20H,1,4-5,10-13,18-19H2/b25-24+. The second-order valence-corrected chi connectivity index (χ2v) is 7.88. The number of allylic oxidation sites excluding steroid dienone is 3.